The van der Waals surface area contributed by atoms with E-state index in [4.69, 9.17) is 4.55 Å². The molecule has 1 aliphatic carbocycles. The Morgan fingerprint density at radius 2 is 2.00 bits per heavy atom. The van der Waals surface area contributed by atoms with Crippen LogP contribution in [-0.4, -0.2) is 31.3 Å². The number of hydrogen-bond donors (Lipinski definition) is 2. The van der Waals surface area contributed by atoms with Crippen LogP contribution in [0.25, 0.3) is 0 Å². The van der Waals surface area contributed by atoms with Gasteiger partial charge in [0.2, 0.25) is 0 Å². The molecule has 5 heteroatoms. The summed E-state index contributed by atoms with van der Waals surface area (Å²) in [6, 6.07) is 0.199. The third-order valence-corrected chi connectivity index (χ3v) is 2.72. The largest absolute Gasteiger partial charge is 0.307 e. The second-order valence-electron chi connectivity index (χ2n) is 3.21. The van der Waals surface area contributed by atoms with E-state index in [9.17, 15) is 8.42 Å². The average Bonchev–Trinajstić information content (AvgIpc) is 2.13. The van der Waals surface area contributed by atoms with Gasteiger partial charge in [0.25, 0.3) is 10.1 Å². The van der Waals surface area contributed by atoms with Gasteiger partial charge in [-0.25, -0.2) is 0 Å². The topological polar surface area (TPSA) is 66.4 Å². The Hall–Kier alpha value is -0.650. The van der Waals surface area contributed by atoms with Gasteiger partial charge in [0.15, 0.2) is 0 Å². The second kappa shape index (κ2) is 5.29. The first-order valence-electron chi connectivity index (χ1n) is 4.60. The molecule has 0 spiro atoms. The molecule has 80 valence electrons. The van der Waals surface area contributed by atoms with Crippen LogP contribution in [0.4, 0.5) is 0 Å². The van der Waals surface area contributed by atoms with Gasteiger partial charge in [0, 0.05) is 6.04 Å². The summed E-state index contributed by atoms with van der Waals surface area (Å²) in [5.74, 6) is -0.180. The maximum Gasteiger partial charge on any atom is 0.264 e. The molecule has 0 aromatic rings. The molecule has 0 heterocycles. The first-order valence-corrected chi connectivity index (χ1v) is 6.21. The maximum absolute atomic E-state index is 10.4. The van der Waals surface area contributed by atoms with Crippen molar-refractivity contribution in [3.8, 4) is 0 Å². The summed E-state index contributed by atoms with van der Waals surface area (Å²) < 4.78 is 29.2. The highest BCUT2D eigenvalue weighted by Gasteiger charge is 2.05. The van der Waals surface area contributed by atoms with Crippen LogP contribution in [0.5, 0.6) is 0 Å². The van der Waals surface area contributed by atoms with Crippen molar-refractivity contribution >= 4 is 10.1 Å². The fourth-order valence-electron chi connectivity index (χ4n) is 1.25. The van der Waals surface area contributed by atoms with Crippen molar-refractivity contribution in [2.75, 3.05) is 12.3 Å². The van der Waals surface area contributed by atoms with Crippen molar-refractivity contribution < 1.29 is 13.0 Å². The van der Waals surface area contributed by atoms with E-state index in [2.05, 4.69) is 17.5 Å². The Bertz CT molecular complexity index is 307. The Kier molecular flexibility index (Phi) is 4.31. The zero-order valence-corrected chi connectivity index (χ0v) is 8.70. The fourth-order valence-corrected chi connectivity index (χ4v) is 1.76. The smallest absolute Gasteiger partial charge is 0.264 e. The predicted molar refractivity (Wildman–Crippen MR) is 55.7 cm³/mol. The van der Waals surface area contributed by atoms with Gasteiger partial charge in [-0.15, -0.1) is 0 Å². The van der Waals surface area contributed by atoms with Gasteiger partial charge in [-0.2, -0.15) is 8.42 Å². The summed E-state index contributed by atoms with van der Waals surface area (Å²) in [5, 5.41) is 3.14. The van der Waals surface area contributed by atoms with Crippen LogP contribution in [0.15, 0.2) is 24.3 Å². The minimum atomic E-state index is -3.80. The van der Waals surface area contributed by atoms with Crippen molar-refractivity contribution in [1.82, 2.24) is 5.32 Å². The normalized spacial score (nSPS) is 17.5. The molecule has 0 aliphatic heterocycles. The molecule has 2 N–H and O–H groups in total. The lowest BCUT2D eigenvalue weighted by atomic mass is 10.1. The van der Waals surface area contributed by atoms with Gasteiger partial charge in [-0.3, -0.25) is 4.55 Å². The van der Waals surface area contributed by atoms with Crippen molar-refractivity contribution in [2.24, 2.45) is 0 Å². The molecule has 0 radical (unpaired) electrons. The van der Waals surface area contributed by atoms with Crippen molar-refractivity contribution in [1.29, 1.82) is 0 Å². The molecule has 1 rings (SSSR count). The maximum atomic E-state index is 10.4. The summed E-state index contributed by atoms with van der Waals surface area (Å²) in [7, 11) is -3.80. The van der Waals surface area contributed by atoms with E-state index in [0.717, 1.165) is 6.42 Å². The van der Waals surface area contributed by atoms with E-state index in [-0.39, 0.29) is 11.8 Å². The molecule has 0 bridgehead atoms. The minimum Gasteiger partial charge on any atom is -0.307 e. The minimum absolute atomic E-state index is 0.180. The average molecular weight is 217 g/mol. The van der Waals surface area contributed by atoms with Crippen LogP contribution in [0.1, 0.15) is 12.8 Å². The molecule has 1 aliphatic rings. The van der Waals surface area contributed by atoms with Crippen LogP contribution in [0.3, 0.4) is 0 Å². The lowest BCUT2D eigenvalue weighted by Gasteiger charge is -2.12. The highest BCUT2D eigenvalue weighted by molar-refractivity contribution is 7.85. The molecular formula is C9H15NO3S. The molecule has 0 atom stereocenters. The summed E-state index contributed by atoms with van der Waals surface area (Å²) in [6.07, 6.45) is 9.57. The fraction of sp³-hybridized carbons (Fsp3) is 0.556. The predicted octanol–water partition coefficient (Wildman–Crippen LogP) is 0.739. The molecule has 0 saturated carbocycles. The Morgan fingerprint density at radius 1 is 1.36 bits per heavy atom. The molecule has 0 saturated heterocycles. The quantitative estimate of drug-likeness (QED) is 0.405. The van der Waals surface area contributed by atoms with E-state index in [1.54, 1.807) is 0 Å². The van der Waals surface area contributed by atoms with Crippen LogP contribution in [-0.2, 0) is 10.1 Å². The highest BCUT2D eigenvalue weighted by Crippen LogP contribution is 2.00. The first kappa shape index (κ1) is 11.4. The zero-order valence-electron chi connectivity index (χ0n) is 7.89. The van der Waals surface area contributed by atoms with Crippen molar-refractivity contribution in [3.05, 3.63) is 24.3 Å². The highest BCUT2D eigenvalue weighted by atomic mass is 32.2. The molecule has 0 fully saturated rings. The van der Waals surface area contributed by atoms with E-state index in [1.165, 1.54) is 0 Å². The van der Waals surface area contributed by atoms with Crippen molar-refractivity contribution in [2.45, 2.75) is 18.9 Å². The molecule has 0 aromatic heterocycles. The third-order valence-electron chi connectivity index (χ3n) is 1.92. The standard InChI is InChI=1S/C9H15NO3S/c11-14(12,13)8-4-7-10-9-5-2-1-3-6-9/h2-3,5-6,9-10H,1,4,7-8H2,(H,11,12,13). The van der Waals surface area contributed by atoms with Crippen LogP contribution in [0, 0.1) is 0 Å². The molecule has 0 aromatic carbocycles. The van der Waals surface area contributed by atoms with Gasteiger partial charge in [0.05, 0.1) is 5.75 Å². The van der Waals surface area contributed by atoms with E-state index < -0.39 is 10.1 Å². The molecular weight excluding hydrogens is 202 g/mol. The molecule has 14 heavy (non-hydrogen) atoms. The van der Waals surface area contributed by atoms with E-state index in [0.29, 0.717) is 13.0 Å². The third kappa shape index (κ3) is 5.16. The summed E-state index contributed by atoms with van der Waals surface area (Å²) >= 11 is 0. The molecule has 4 nitrogen and oxygen atoms in total. The number of allylic oxidation sites excluding steroid dienone is 2. The van der Waals surface area contributed by atoms with Gasteiger partial charge < -0.3 is 5.32 Å². The monoisotopic (exact) mass is 217 g/mol. The number of hydrogen-bond acceptors (Lipinski definition) is 3. The van der Waals surface area contributed by atoms with Crippen LogP contribution >= 0.6 is 0 Å². The van der Waals surface area contributed by atoms with Gasteiger partial charge in [0.1, 0.15) is 0 Å². The van der Waals surface area contributed by atoms with Gasteiger partial charge in [-0.05, 0) is 19.4 Å². The molecule has 0 unspecified atom stereocenters. The van der Waals surface area contributed by atoms with Crippen LogP contribution in [0.2, 0.25) is 0 Å². The zero-order chi connectivity index (χ0) is 10.4. The van der Waals surface area contributed by atoms with E-state index in [1.807, 2.05) is 12.2 Å². The summed E-state index contributed by atoms with van der Waals surface area (Å²) in [6.45, 7) is 0.582. The lowest BCUT2D eigenvalue weighted by molar-refractivity contribution is 0.479. The van der Waals surface area contributed by atoms with Crippen molar-refractivity contribution in [3.63, 3.8) is 0 Å². The van der Waals surface area contributed by atoms with Crippen LogP contribution < -0.4 is 5.32 Å². The van der Waals surface area contributed by atoms with Gasteiger partial charge in [-0.1, -0.05) is 24.3 Å². The second-order valence-corrected chi connectivity index (χ2v) is 4.78. The Morgan fingerprint density at radius 3 is 2.57 bits per heavy atom. The lowest BCUT2D eigenvalue weighted by Crippen LogP contribution is -2.28. The molecule has 0 amide bonds. The Balaban J connectivity index is 2.12. The SMILES string of the molecule is O=S(=O)(O)CCCNC1C=CCC=C1. The first-order chi connectivity index (χ1) is 6.58. The van der Waals surface area contributed by atoms with E-state index >= 15 is 0 Å². The summed E-state index contributed by atoms with van der Waals surface area (Å²) in [4.78, 5) is 0. The summed E-state index contributed by atoms with van der Waals surface area (Å²) in [5.41, 5.74) is 0. The Labute approximate surface area is 84.5 Å². The number of rotatable bonds is 5. The van der Waals surface area contributed by atoms with Gasteiger partial charge >= 0.3 is 0 Å². The number of nitrogens with one attached hydrogen (secondary N) is 1.